The van der Waals surface area contributed by atoms with Crippen molar-refractivity contribution in [3.63, 3.8) is 0 Å². The van der Waals surface area contributed by atoms with Gasteiger partial charge >= 0.3 is 0 Å². The van der Waals surface area contributed by atoms with E-state index in [-0.39, 0.29) is 0 Å². The van der Waals surface area contributed by atoms with Crippen LogP contribution in [0.25, 0.3) is 0 Å². The average molecular weight is 291 g/mol. The second kappa shape index (κ2) is 7.13. The molecule has 0 spiro atoms. The first-order valence-corrected chi connectivity index (χ1v) is 8.78. The maximum atomic E-state index is 3.70. The van der Waals surface area contributed by atoms with Crippen LogP contribution in [0.15, 0.2) is 40.6 Å². The van der Waals surface area contributed by atoms with Crippen molar-refractivity contribution < 1.29 is 0 Å². The van der Waals surface area contributed by atoms with Gasteiger partial charge in [-0.3, -0.25) is 0 Å². The van der Waals surface area contributed by atoms with Gasteiger partial charge in [-0.1, -0.05) is 25.1 Å². The maximum Gasteiger partial charge on any atom is 0.0684 e. The predicted molar refractivity (Wildman–Crippen MR) is 87.4 cm³/mol. The molecule has 0 fully saturated rings. The lowest BCUT2D eigenvalue weighted by Gasteiger charge is -2.21. The van der Waals surface area contributed by atoms with Crippen LogP contribution in [0.4, 0.5) is 0 Å². The summed E-state index contributed by atoms with van der Waals surface area (Å²) in [5.41, 5.74) is 2.78. The topological polar surface area (TPSA) is 12.0 Å². The Labute approximate surface area is 124 Å². The summed E-state index contributed by atoms with van der Waals surface area (Å²) in [6.45, 7) is 5.46. The molecule has 1 aromatic heterocycles. The van der Waals surface area contributed by atoms with Crippen LogP contribution in [0, 0.1) is 6.92 Å². The monoisotopic (exact) mass is 291 g/mol. The quantitative estimate of drug-likeness (QED) is 0.762. The maximum absolute atomic E-state index is 3.70. The standard InChI is InChI=1S/C16H21NS2/c1-4-10-17-15(16-12(2)9-11-19-16)13-7-5-6-8-14(13)18-3/h5-9,11,15,17H,4,10H2,1-3H3. The molecule has 19 heavy (non-hydrogen) atoms. The molecule has 1 aromatic carbocycles. The van der Waals surface area contributed by atoms with Gasteiger partial charge in [-0.05, 0) is 54.8 Å². The Morgan fingerprint density at radius 3 is 2.68 bits per heavy atom. The molecule has 2 aromatic rings. The van der Waals surface area contributed by atoms with Crippen LogP contribution in [0.2, 0.25) is 0 Å². The van der Waals surface area contributed by atoms with Gasteiger partial charge in [-0.25, -0.2) is 0 Å². The van der Waals surface area contributed by atoms with Crippen molar-refractivity contribution in [2.75, 3.05) is 12.8 Å². The van der Waals surface area contributed by atoms with Crippen LogP contribution in [-0.4, -0.2) is 12.8 Å². The highest BCUT2D eigenvalue weighted by atomic mass is 32.2. The molecule has 0 aliphatic rings. The van der Waals surface area contributed by atoms with E-state index in [2.05, 4.69) is 61.1 Å². The molecule has 2 rings (SSSR count). The fourth-order valence-electron chi connectivity index (χ4n) is 2.22. The molecule has 0 saturated carbocycles. The molecule has 1 nitrogen and oxygen atoms in total. The smallest absolute Gasteiger partial charge is 0.0684 e. The number of hydrogen-bond donors (Lipinski definition) is 1. The third-order valence-corrected chi connectivity index (χ3v) is 5.11. The summed E-state index contributed by atoms with van der Waals surface area (Å²) in [7, 11) is 0. The Kier molecular flexibility index (Phi) is 5.49. The molecule has 1 heterocycles. The summed E-state index contributed by atoms with van der Waals surface area (Å²) in [5, 5.41) is 5.89. The average Bonchev–Trinajstić information content (AvgIpc) is 2.86. The van der Waals surface area contributed by atoms with Crippen LogP contribution < -0.4 is 5.32 Å². The van der Waals surface area contributed by atoms with Crippen molar-refractivity contribution in [2.24, 2.45) is 0 Å². The van der Waals surface area contributed by atoms with Gasteiger partial charge in [-0.2, -0.15) is 0 Å². The molecule has 0 aliphatic carbocycles. The number of nitrogens with one attached hydrogen (secondary N) is 1. The highest BCUT2D eigenvalue weighted by Crippen LogP contribution is 2.34. The van der Waals surface area contributed by atoms with E-state index < -0.39 is 0 Å². The van der Waals surface area contributed by atoms with E-state index >= 15 is 0 Å². The molecule has 0 bridgehead atoms. The number of benzene rings is 1. The Hall–Kier alpha value is -0.770. The van der Waals surface area contributed by atoms with Gasteiger partial charge in [-0.15, -0.1) is 23.1 Å². The van der Waals surface area contributed by atoms with E-state index in [0.717, 1.165) is 13.0 Å². The molecule has 0 radical (unpaired) electrons. The fraction of sp³-hybridized carbons (Fsp3) is 0.375. The Balaban J connectivity index is 2.40. The normalized spacial score (nSPS) is 12.6. The molecule has 102 valence electrons. The van der Waals surface area contributed by atoms with E-state index in [1.165, 1.54) is 20.9 Å². The highest BCUT2D eigenvalue weighted by molar-refractivity contribution is 7.98. The lowest BCUT2D eigenvalue weighted by molar-refractivity contribution is 0.597. The first-order chi connectivity index (χ1) is 9.27. The van der Waals surface area contributed by atoms with Gasteiger partial charge in [0.05, 0.1) is 6.04 Å². The molecular formula is C16H21NS2. The summed E-state index contributed by atoms with van der Waals surface area (Å²) < 4.78 is 0. The number of hydrogen-bond acceptors (Lipinski definition) is 3. The zero-order chi connectivity index (χ0) is 13.7. The Bertz CT molecular complexity index is 519. The van der Waals surface area contributed by atoms with Crippen LogP contribution >= 0.6 is 23.1 Å². The predicted octanol–water partition coefficient (Wildman–Crippen LogP) is 4.87. The van der Waals surface area contributed by atoms with Crippen LogP contribution in [0.1, 0.15) is 35.4 Å². The van der Waals surface area contributed by atoms with Crippen molar-refractivity contribution in [2.45, 2.75) is 31.2 Å². The summed E-state index contributed by atoms with van der Waals surface area (Å²) in [4.78, 5) is 2.80. The van der Waals surface area contributed by atoms with E-state index in [1.54, 1.807) is 0 Å². The number of aryl methyl sites for hydroxylation is 1. The molecule has 3 heteroatoms. The van der Waals surface area contributed by atoms with Crippen molar-refractivity contribution in [1.29, 1.82) is 0 Å². The van der Waals surface area contributed by atoms with Gasteiger partial charge in [0.15, 0.2) is 0 Å². The molecule has 0 saturated heterocycles. The number of thioether (sulfide) groups is 1. The summed E-state index contributed by atoms with van der Waals surface area (Å²) in [6, 6.07) is 11.2. The summed E-state index contributed by atoms with van der Waals surface area (Å²) >= 11 is 3.68. The zero-order valence-corrected chi connectivity index (χ0v) is 13.4. The van der Waals surface area contributed by atoms with Crippen molar-refractivity contribution >= 4 is 23.1 Å². The largest absolute Gasteiger partial charge is 0.306 e. The first kappa shape index (κ1) is 14.6. The molecule has 0 amide bonds. The van der Waals surface area contributed by atoms with E-state index in [4.69, 9.17) is 0 Å². The second-order valence-electron chi connectivity index (χ2n) is 4.60. The minimum absolute atomic E-state index is 0.323. The molecule has 1 N–H and O–H groups in total. The fourth-order valence-corrected chi connectivity index (χ4v) is 3.87. The third kappa shape index (κ3) is 3.41. The first-order valence-electron chi connectivity index (χ1n) is 6.68. The zero-order valence-electron chi connectivity index (χ0n) is 11.8. The molecule has 0 aliphatic heterocycles. The van der Waals surface area contributed by atoms with E-state index in [9.17, 15) is 0 Å². The summed E-state index contributed by atoms with van der Waals surface area (Å²) in [5.74, 6) is 0. The van der Waals surface area contributed by atoms with Crippen molar-refractivity contribution in [3.05, 3.63) is 51.7 Å². The van der Waals surface area contributed by atoms with Gasteiger partial charge in [0.2, 0.25) is 0 Å². The van der Waals surface area contributed by atoms with Crippen LogP contribution in [0.3, 0.4) is 0 Å². The van der Waals surface area contributed by atoms with Crippen molar-refractivity contribution in [1.82, 2.24) is 5.32 Å². The van der Waals surface area contributed by atoms with Crippen molar-refractivity contribution in [3.8, 4) is 0 Å². The lowest BCUT2D eigenvalue weighted by atomic mass is 10.0. The SMILES string of the molecule is CCCNC(c1ccccc1SC)c1sccc1C. The highest BCUT2D eigenvalue weighted by Gasteiger charge is 2.19. The molecule has 1 unspecified atom stereocenters. The van der Waals surface area contributed by atoms with Crippen LogP contribution in [0.5, 0.6) is 0 Å². The summed E-state index contributed by atoms with van der Waals surface area (Å²) in [6.07, 6.45) is 3.30. The number of thiophene rings is 1. The number of rotatable bonds is 6. The van der Waals surface area contributed by atoms with E-state index in [1.807, 2.05) is 23.1 Å². The van der Waals surface area contributed by atoms with Gasteiger partial charge in [0, 0.05) is 9.77 Å². The molecule has 1 atom stereocenters. The van der Waals surface area contributed by atoms with Crippen LogP contribution in [-0.2, 0) is 0 Å². The second-order valence-corrected chi connectivity index (χ2v) is 6.39. The van der Waals surface area contributed by atoms with Gasteiger partial charge < -0.3 is 5.32 Å². The minimum atomic E-state index is 0.323. The Morgan fingerprint density at radius 1 is 1.26 bits per heavy atom. The van der Waals surface area contributed by atoms with Gasteiger partial charge in [0.1, 0.15) is 0 Å². The lowest BCUT2D eigenvalue weighted by Crippen LogP contribution is -2.23. The third-order valence-electron chi connectivity index (χ3n) is 3.21. The van der Waals surface area contributed by atoms with Gasteiger partial charge in [0.25, 0.3) is 0 Å². The molecular weight excluding hydrogens is 270 g/mol. The Morgan fingerprint density at radius 2 is 2.05 bits per heavy atom. The minimum Gasteiger partial charge on any atom is -0.306 e. The van der Waals surface area contributed by atoms with E-state index in [0.29, 0.717) is 6.04 Å².